The Morgan fingerprint density at radius 2 is 2.18 bits per heavy atom. The molecule has 17 heavy (non-hydrogen) atoms. The molecule has 0 saturated carbocycles. The fourth-order valence-corrected chi connectivity index (χ4v) is 2.12. The summed E-state index contributed by atoms with van der Waals surface area (Å²) in [6.45, 7) is 5.73. The van der Waals surface area contributed by atoms with Gasteiger partial charge >= 0.3 is 0 Å². The van der Waals surface area contributed by atoms with Gasteiger partial charge in [-0.25, -0.2) is 0 Å². The summed E-state index contributed by atoms with van der Waals surface area (Å²) in [6, 6.07) is 10.8. The van der Waals surface area contributed by atoms with E-state index in [9.17, 15) is 0 Å². The Balaban J connectivity index is 0.00000144. The van der Waals surface area contributed by atoms with Gasteiger partial charge in [0.15, 0.2) is 0 Å². The van der Waals surface area contributed by atoms with E-state index >= 15 is 0 Å². The average molecular weight is 456 g/mol. The number of benzene rings is 1. The van der Waals surface area contributed by atoms with Crippen molar-refractivity contribution in [2.24, 2.45) is 0 Å². The van der Waals surface area contributed by atoms with Crippen molar-refractivity contribution in [3.8, 4) is 5.75 Å². The molecule has 1 atom stereocenters. The molecule has 0 radical (unpaired) electrons. The molecule has 0 amide bonds. The zero-order valence-corrected chi connectivity index (χ0v) is 14.6. The maximum absolute atomic E-state index is 5.92. The van der Waals surface area contributed by atoms with Gasteiger partial charge in [-0.1, -0.05) is 13.3 Å². The van der Waals surface area contributed by atoms with E-state index in [1.54, 1.807) is 0 Å². The number of nitrogens with zero attached hydrogens (tertiary/aromatic N) is 1. The molecule has 0 N–H and O–H groups in total. The predicted molar refractivity (Wildman–Crippen MR) is 65.7 cm³/mol. The van der Waals surface area contributed by atoms with Crippen LogP contribution in [0.4, 0.5) is 0 Å². The molecule has 0 aliphatic carbocycles. The quantitative estimate of drug-likeness (QED) is 0.633. The number of hydrogen-bond acceptors (Lipinski definition) is 2. The van der Waals surface area contributed by atoms with Crippen LogP contribution in [0.1, 0.15) is 26.2 Å². The van der Waals surface area contributed by atoms with Crippen molar-refractivity contribution in [3.63, 3.8) is 0 Å². The zero-order chi connectivity index (χ0) is 11.2. The van der Waals surface area contributed by atoms with Crippen LogP contribution in [0.25, 0.3) is 0 Å². The molecule has 92 valence electrons. The van der Waals surface area contributed by atoms with Crippen molar-refractivity contribution in [1.82, 2.24) is 4.90 Å². The van der Waals surface area contributed by atoms with Gasteiger partial charge in [-0.15, -0.1) is 12.1 Å². The molecule has 0 spiro atoms. The van der Waals surface area contributed by atoms with Crippen molar-refractivity contribution in [1.29, 1.82) is 0 Å². The predicted octanol–water partition coefficient (Wildman–Crippen LogP) is 2.74. The maximum Gasteiger partial charge on any atom is 0.109 e. The molecule has 1 aliphatic heterocycles. The second kappa shape index (κ2) is 8.19. The smallest absolute Gasteiger partial charge is 0.109 e. The summed E-state index contributed by atoms with van der Waals surface area (Å²) in [4.78, 5) is 2.50. The summed E-state index contributed by atoms with van der Waals surface area (Å²) in [5, 5.41) is 0. The van der Waals surface area contributed by atoms with Crippen LogP contribution in [0.5, 0.6) is 5.75 Å². The van der Waals surface area contributed by atoms with Crippen molar-refractivity contribution < 1.29 is 35.9 Å². The van der Waals surface area contributed by atoms with Gasteiger partial charge in [0.1, 0.15) is 6.10 Å². The monoisotopic (exact) mass is 456 g/mol. The van der Waals surface area contributed by atoms with Crippen LogP contribution in [0.3, 0.4) is 0 Å². The second-order valence-electron chi connectivity index (χ2n) is 4.42. The van der Waals surface area contributed by atoms with E-state index in [-0.39, 0.29) is 31.1 Å². The minimum atomic E-state index is 0. The minimum absolute atomic E-state index is 0. The first-order valence-electron chi connectivity index (χ1n) is 6.23. The first-order valence-corrected chi connectivity index (χ1v) is 6.23. The van der Waals surface area contributed by atoms with Gasteiger partial charge in [-0.05, 0) is 19.4 Å². The third-order valence-corrected chi connectivity index (χ3v) is 3.05. The maximum atomic E-state index is 5.92. The van der Waals surface area contributed by atoms with Crippen LogP contribution in [0, 0.1) is 37.2 Å². The standard InChI is InChI=1S/C14H20NO.U/c1-2-3-10-15-11-9-14(12-15)16-13-7-5-4-6-8-13;/h5-8,14H,2-3,9-12H2,1H3;/q-1;/t14-;/m1./s1. The van der Waals surface area contributed by atoms with Crippen molar-refractivity contribution in [2.75, 3.05) is 19.6 Å². The van der Waals surface area contributed by atoms with Gasteiger partial charge in [-0.3, -0.25) is 4.90 Å². The van der Waals surface area contributed by atoms with Gasteiger partial charge in [0.2, 0.25) is 0 Å². The van der Waals surface area contributed by atoms with Crippen LogP contribution in [-0.2, 0) is 0 Å². The molecule has 1 saturated heterocycles. The van der Waals surface area contributed by atoms with Crippen LogP contribution < -0.4 is 4.74 Å². The molecule has 0 bridgehead atoms. The van der Waals surface area contributed by atoms with Gasteiger partial charge < -0.3 is 4.74 Å². The van der Waals surface area contributed by atoms with Crippen molar-refractivity contribution in [2.45, 2.75) is 32.3 Å². The van der Waals surface area contributed by atoms with Crippen LogP contribution >= 0.6 is 0 Å². The van der Waals surface area contributed by atoms with E-state index in [0.717, 1.165) is 18.7 Å². The number of hydrogen-bond donors (Lipinski definition) is 0. The second-order valence-corrected chi connectivity index (χ2v) is 4.42. The summed E-state index contributed by atoms with van der Waals surface area (Å²) in [6.07, 6.45) is 4.10. The number of likely N-dealkylation sites (tertiary alicyclic amines) is 1. The van der Waals surface area contributed by atoms with Crippen LogP contribution in [0.2, 0.25) is 0 Å². The zero-order valence-electron chi connectivity index (χ0n) is 10.5. The molecular weight excluding hydrogens is 436 g/mol. The molecule has 2 rings (SSSR count). The Morgan fingerprint density at radius 3 is 2.88 bits per heavy atom. The molecule has 2 nitrogen and oxygen atoms in total. The van der Waals surface area contributed by atoms with Crippen LogP contribution in [-0.4, -0.2) is 30.6 Å². The van der Waals surface area contributed by atoms with Crippen molar-refractivity contribution in [3.05, 3.63) is 30.3 Å². The molecular formula is C14H20NOU-. The molecule has 1 fully saturated rings. The summed E-state index contributed by atoms with van der Waals surface area (Å²) in [5.41, 5.74) is 0. The van der Waals surface area contributed by atoms with Crippen LogP contribution in [0.15, 0.2) is 24.3 Å². The first-order chi connectivity index (χ1) is 7.88. The Kier molecular flexibility index (Phi) is 7.27. The average Bonchev–Trinajstić information content (AvgIpc) is 2.75. The minimum Gasteiger partial charge on any atom is -0.514 e. The van der Waals surface area contributed by atoms with Gasteiger partial charge in [-0.2, -0.15) is 18.2 Å². The van der Waals surface area contributed by atoms with E-state index in [0.29, 0.717) is 6.10 Å². The third-order valence-electron chi connectivity index (χ3n) is 3.05. The largest absolute Gasteiger partial charge is 0.514 e. The summed E-state index contributed by atoms with van der Waals surface area (Å²) >= 11 is 0. The van der Waals surface area contributed by atoms with E-state index in [1.165, 1.54) is 25.9 Å². The Morgan fingerprint density at radius 1 is 1.41 bits per heavy atom. The van der Waals surface area contributed by atoms with E-state index in [1.807, 2.05) is 24.3 Å². The normalized spacial score (nSPS) is 19.9. The summed E-state index contributed by atoms with van der Waals surface area (Å²) < 4.78 is 5.92. The van der Waals surface area contributed by atoms with E-state index < -0.39 is 0 Å². The first kappa shape index (κ1) is 15.1. The SMILES string of the molecule is CCCCN1CC[C@@H](Oc2cc[c-]cc2)C1.[U]. The molecule has 1 aromatic carbocycles. The van der Waals surface area contributed by atoms with Gasteiger partial charge in [0.05, 0.1) is 0 Å². The van der Waals surface area contributed by atoms with Crippen molar-refractivity contribution >= 4 is 0 Å². The summed E-state index contributed by atoms with van der Waals surface area (Å²) in [7, 11) is 0. The number of ether oxygens (including phenoxy) is 1. The fourth-order valence-electron chi connectivity index (χ4n) is 2.12. The molecule has 0 aromatic heterocycles. The number of rotatable bonds is 5. The van der Waals surface area contributed by atoms with Gasteiger partial charge in [0, 0.05) is 50.0 Å². The molecule has 1 aromatic rings. The summed E-state index contributed by atoms with van der Waals surface area (Å²) in [5.74, 6) is 0.973. The molecule has 1 heterocycles. The Bertz CT molecular complexity index is 304. The Labute approximate surface area is 128 Å². The van der Waals surface area contributed by atoms with E-state index in [2.05, 4.69) is 17.9 Å². The molecule has 1 aliphatic rings. The Hall–Kier alpha value is 0.0319. The fraction of sp³-hybridized carbons (Fsp3) is 0.571. The molecule has 0 unspecified atom stereocenters. The topological polar surface area (TPSA) is 12.5 Å². The number of unbranched alkanes of at least 4 members (excludes halogenated alkanes) is 1. The van der Waals surface area contributed by atoms with E-state index in [4.69, 9.17) is 4.74 Å². The third kappa shape index (κ3) is 5.04. The molecule has 3 heteroatoms. The van der Waals surface area contributed by atoms with Gasteiger partial charge in [0.25, 0.3) is 0 Å².